The van der Waals surface area contributed by atoms with Crippen molar-refractivity contribution >= 4 is 11.0 Å². The molecule has 1 heterocycles. The van der Waals surface area contributed by atoms with Crippen LogP contribution in [0.4, 0.5) is 0 Å². The predicted molar refractivity (Wildman–Crippen MR) is 83.5 cm³/mol. The van der Waals surface area contributed by atoms with E-state index in [9.17, 15) is 0 Å². The lowest BCUT2D eigenvalue weighted by molar-refractivity contribution is 0.340. The van der Waals surface area contributed by atoms with Crippen LogP contribution in [0, 0.1) is 0 Å². The molecule has 0 bridgehead atoms. The van der Waals surface area contributed by atoms with Gasteiger partial charge < -0.3 is 14.5 Å². The summed E-state index contributed by atoms with van der Waals surface area (Å²) in [4.78, 5) is 0. The second kappa shape index (κ2) is 5.88. The van der Waals surface area contributed by atoms with Gasteiger partial charge in [0.15, 0.2) is 0 Å². The van der Waals surface area contributed by atoms with Gasteiger partial charge in [-0.2, -0.15) is 0 Å². The fourth-order valence-corrected chi connectivity index (χ4v) is 2.57. The highest BCUT2D eigenvalue weighted by Crippen LogP contribution is 2.37. The summed E-state index contributed by atoms with van der Waals surface area (Å²) in [6.45, 7) is 13.2. The topological polar surface area (TPSA) is 34.4 Å². The third-order valence-corrected chi connectivity index (χ3v) is 3.33. The first-order valence-corrected chi connectivity index (χ1v) is 7.36. The molecule has 0 aliphatic carbocycles. The summed E-state index contributed by atoms with van der Waals surface area (Å²) in [6, 6.07) is 6.07. The highest BCUT2D eigenvalue weighted by atomic mass is 16.5. The molecule has 1 aromatic heterocycles. The summed E-state index contributed by atoms with van der Waals surface area (Å²) in [6.07, 6.45) is 0. The predicted octanol–water partition coefficient (Wildman–Crippen LogP) is 4.24. The molecule has 110 valence electrons. The van der Waals surface area contributed by atoms with Crippen molar-refractivity contribution in [2.45, 2.75) is 46.6 Å². The lowest BCUT2D eigenvalue weighted by Crippen LogP contribution is -2.18. The third kappa shape index (κ3) is 2.98. The average Bonchev–Trinajstić information content (AvgIpc) is 2.74. The van der Waals surface area contributed by atoms with Crippen LogP contribution in [-0.2, 0) is 12.0 Å². The van der Waals surface area contributed by atoms with Gasteiger partial charge in [-0.1, -0.05) is 27.7 Å². The summed E-state index contributed by atoms with van der Waals surface area (Å²) < 4.78 is 11.7. The Bertz CT molecular complexity index is 578. The number of nitrogens with one attached hydrogen (secondary N) is 1. The number of hydrogen-bond acceptors (Lipinski definition) is 3. The Hall–Kier alpha value is -1.48. The van der Waals surface area contributed by atoms with Crippen LogP contribution in [0.2, 0.25) is 0 Å². The molecule has 0 saturated heterocycles. The number of rotatable bonds is 5. The van der Waals surface area contributed by atoms with Crippen molar-refractivity contribution in [2.24, 2.45) is 0 Å². The molecule has 0 fully saturated rings. The molecule has 1 aromatic carbocycles. The Morgan fingerprint density at radius 2 is 1.95 bits per heavy atom. The molecule has 0 aliphatic rings. The fraction of sp³-hybridized carbons (Fsp3) is 0.529. The number of furan rings is 1. The van der Waals surface area contributed by atoms with Gasteiger partial charge in [0.05, 0.1) is 13.2 Å². The van der Waals surface area contributed by atoms with Crippen molar-refractivity contribution in [1.29, 1.82) is 0 Å². The molecule has 2 rings (SSSR count). The Balaban J connectivity index is 2.56. The summed E-state index contributed by atoms with van der Waals surface area (Å²) >= 11 is 0. The van der Waals surface area contributed by atoms with Crippen LogP contribution < -0.4 is 10.1 Å². The van der Waals surface area contributed by atoms with Gasteiger partial charge in [-0.05, 0) is 37.1 Å². The summed E-state index contributed by atoms with van der Waals surface area (Å²) in [5.74, 6) is 1.93. The molecule has 20 heavy (non-hydrogen) atoms. The first-order valence-electron chi connectivity index (χ1n) is 7.36. The second-order valence-corrected chi connectivity index (χ2v) is 6.02. The van der Waals surface area contributed by atoms with Gasteiger partial charge in [-0.15, -0.1) is 0 Å². The standard InChI is InChI=1S/C17H25NO2/c1-6-18-11-15-16(17(3,4)5)13-10-12(19-7-2)8-9-14(13)20-15/h8-10,18H,6-7,11H2,1-5H3. The van der Waals surface area contributed by atoms with Gasteiger partial charge >= 0.3 is 0 Å². The second-order valence-electron chi connectivity index (χ2n) is 6.02. The smallest absolute Gasteiger partial charge is 0.134 e. The Morgan fingerprint density at radius 1 is 1.20 bits per heavy atom. The molecule has 0 spiro atoms. The van der Waals surface area contributed by atoms with Crippen molar-refractivity contribution in [2.75, 3.05) is 13.2 Å². The maximum atomic E-state index is 6.04. The first-order chi connectivity index (χ1) is 9.47. The van der Waals surface area contributed by atoms with E-state index in [4.69, 9.17) is 9.15 Å². The highest BCUT2D eigenvalue weighted by molar-refractivity contribution is 5.85. The fourth-order valence-electron chi connectivity index (χ4n) is 2.57. The molecule has 3 nitrogen and oxygen atoms in total. The van der Waals surface area contributed by atoms with E-state index in [0.717, 1.165) is 35.6 Å². The zero-order valence-electron chi connectivity index (χ0n) is 13.2. The van der Waals surface area contributed by atoms with E-state index in [1.165, 1.54) is 5.56 Å². The lowest BCUT2D eigenvalue weighted by atomic mass is 9.84. The van der Waals surface area contributed by atoms with Gasteiger partial charge in [0, 0.05) is 10.9 Å². The van der Waals surface area contributed by atoms with Crippen molar-refractivity contribution in [3.63, 3.8) is 0 Å². The molecule has 3 heteroatoms. The van der Waals surface area contributed by atoms with E-state index in [1.54, 1.807) is 0 Å². The Morgan fingerprint density at radius 3 is 2.55 bits per heavy atom. The summed E-state index contributed by atoms with van der Waals surface area (Å²) in [5.41, 5.74) is 2.25. The minimum absolute atomic E-state index is 0.0425. The molecule has 0 unspecified atom stereocenters. The minimum atomic E-state index is 0.0425. The van der Waals surface area contributed by atoms with Gasteiger partial charge in [0.1, 0.15) is 17.1 Å². The quantitative estimate of drug-likeness (QED) is 0.886. The molecule has 0 saturated carbocycles. The first kappa shape index (κ1) is 14.9. The van der Waals surface area contributed by atoms with E-state index in [2.05, 4.69) is 39.1 Å². The maximum absolute atomic E-state index is 6.04. The maximum Gasteiger partial charge on any atom is 0.134 e. The van der Waals surface area contributed by atoms with Gasteiger partial charge in [-0.25, -0.2) is 0 Å². The molecule has 0 amide bonds. The van der Waals surface area contributed by atoms with Crippen molar-refractivity contribution in [3.8, 4) is 5.75 Å². The molecule has 0 atom stereocenters. The van der Waals surface area contributed by atoms with Crippen LogP contribution in [0.3, 0.4) is 0 Å². The third-order valence-electron chi connectivity index (χ3n) is 3.33. The van der Waals surface area contributed by atoms with E-state index in [0.29, 0.717) is 6.61 Å². The van der Waals surface area contributed by atoms with Crippen molar-refractivity contribution in [3.05, 3.63) is 29.5 Å². The number of ether oxygens (including phenoxy) is 1. The molecular formula is C17H25NO2. The Kier molecular flexibility index (Phi) is 4.39. The minimum Gasteiger partial charge on any atom is -0.494 e. The van der Waals surface area contributed by atoms with Crippen LogP contribution in [0.25, 0.3) is 11.0 Å². The molecule has 2 aromatic rings. The van der Waals surface area contributed by atoms with Gasteiger partial charge in [0.2, 0.25) is 0 Å². The highest BCUT2D eigenvalue weighted by Gasteiger charge is 2.25. The molecule has 0 radical (unpaired) electrons. The van der Waals surface area contributed by atoms with Crippen molar-refractivity contribution < 1.29 is 9.15 Å². The molecule has 1 N–H and O–H groups in total. The SMILES string of the molecule is CCNCc1oc2ccc(OCC)cc2c1C(C)(C)C. The van der Waals surface area contributed by atoms with Crippen LogP contribution in [0.5, 0.6) is 5.75 Å². The Labute approximate surface area is 121 Å². The van der Waals surface area contributed by atoms with Gasteiger partial charge in [-0.3, -0.25) is 0 Å². The van der Waals surface area contributed by atoms with E-state index >= 15 is 0 Å². The molecule has 0 aliphatic heterocycles. The average molecular weight is 275 g/mol. The summed E-state index contributed by atoms with van der Waals surface area (Å²) in [7, 11) is 0. The zero-order valence-corrected chi connectivity index (χ0v) is 13.2. The van der Waals surface area contributed by atoms with Crippen molar-refractivity contribution in [1.82, 2.24) is 5.32 Å². The van der Waals surface area contributed by atoms with E-state index in [-0.39, 0.29) is 5.41 Å². The summed E-state index contributed by atoms with van der Waals surface area (Å²) in [5, 5.41) is 4.52. The van der Waals surface area contributed by atoms with Crippen LogP contribution in [-0.4, -0.2) is 13.2 Å². The lowest BCUT2D eigenvalue weighted by Gasteiger charge is -2.19. The monoisotopic (exact) mass is 275 g/mol. The zero-order chi connectivity index (χ0) is 14.8. The van der Waals surface area contributed by atoms with E-state index < -0.39 is 0 Å². The number of fused-ring (bicyclic) bond motifs is 1. The number of benzene rings is 1. The van der Waals surface area contributed by atoms with Crippen LogP contribution in [0.1, 0.15) is 45.9 Å². The normalized spacial score (nSPS) is 12.1. The largest absolute Gasteiger partial charge is 0.494 e. The van der Waals surface area contributed by atoms with E-state index in [1.807, 2.05) is 19.1 Å². The van der Waals surface area contributed by atoms with Crippen LogP contribution in [0.15, 0.2) is 22.6 Å². The molecular weight excluding hydrogens is 250 g/mol. The van der Waals surface area contributed by atoms with Crippen LogP contribution >= 0.6 is 0 Å². The van der Waals surface area contributed by atoms with Gasteiger partial charge in [0.25, 0.3) is 0 Å². The number of hydrogen-bond donors (Lipinski definition) is 1.